The van der Waals surface area contributed by atoms with E-state index >= 15 is 0 Å². The van der Waals surface area contributed by atoms with Gasteiger partial charge >= 0.3 is 0 Å². The van der Waals surface area contributed by atoms with E-state index in [1.54, 1.807) is 4.90 Å². The molecule has 7 heteroatoms. The Kier molecular flexibility index (Phi) is 7.45. The molecule has 0 aliphatic carbocycles. The smallest absolute Gasteiger partial charge is 0.223 e. The predicted molar refractivity (Wildman–Crippen MR) is 87.6 cm³/mol. The fraction of sp³-hybridized carbons (Fsp3) is 0.500. The molecule has 1 aromatic carbocycles. The van der Waals surface area contributed by atoms with Crippen LogP contribution in [0.2, 0.25) is 0 Å². The number of likely N-dealkylation sites (tertiary alicyclic amines) is 1. The number of nitrogens with two attached hydrogens (primary N) is 1. The quantitative estimate of drug-likeness (QED) is 0.831. The Morgan fingerprint density at radius 3 is 2.52 bits per heavy atom. The first-order valence-electron chi connectivity index (χ1n) is 7.41. The Hall–Kier alpha value is -1.66. The molecule has 0 spiro atoms. The lowest BCUT2D eigenvalue weighted by molar-refractivity contribution is -0.132. The van der Waals surface area contributed by atoms with Gasteiger partial charge in [-0.05, 0) is 31.0 Å². The molecule has 1 aliphatic heterocycles. The molecule has 2 rings (SSSR count). The lowest BCUT2D eigenvalue weighted by Gasteiger charge is -2.30. The molecule has 1 amide bonds. The minimum atomic E-state index is -0.579. The Morgan fingerprint density at radius 1 is 1.30 bits per heavy atom. The maximum absolute atomic E-state index is 13.6. The fourth-order valence-electron chi connectivity index (χ4n) is 2.51. The summed E-state index contributed by atoms with van der Waals surface area (Å²) in [4.78, 5) is 25.8. The van der Waals surface area contributed by atoms with Crippen molar-refractivity contribution in [3.63, 3.8) is 0 Å². The number of carbonyl (C=O) groups excluding carboxylic acids is 2. The number of carbonyl (C=O) groups is 2. The second kappa shape index (κ2) is 8.84. The lowest BCUT2D eigenvalue weighted by Crippen LogP contribution is -2.42. The van der Waals surface area contributed by atoms with E-state index in [1.165, 1.54) is 19.2 Å². The van der Waals surface area contributed by atoms with E-state index < -0.39 is 5.82 Å². The molecule has 0 saturated carbocycles. The first-order chi connectivity index (χ1) is 10.5. The molecular weight excluding hydrogens is 323 g/mol. The number of hydrogen-bond acceptors (Lipinski definition) is 4. The first-order valence-corrected chi connectivity index (χ1v) is 7.41. The van der Waals surface area contributed by atoms with Crippen LogP contribution in [0.4, 0.5) is 4.39 Å². The SMILES string of the molecule is COc1ccc(C(=O)CCC(=O)N2CCC(N)CC2)cc1F.Cl. The molecule has 5 nitrogen and oxygen atoms in total. The van der Waals surface area contributed by atoms with Gasteiger partial charge in [-0.25, -0.2) is 4.39 Å². The predicted octanol–water partition coefficient (Wildman–Crippen LogP) is 2.17. The van der Waals surface area contributed by atoms with Crippen LogP contribution in [0.25, 0.3) is 0 Å². The van der Waals surface area contributed by atoms with Crippen molar-refractivity contribution >= 4 is 24.1 Å². The number of rotatable bonds is 5. The van der Waals surface area contributed by atoms with Crippen molar-refractivity contribution in [2.45, 2.75) is 31.7 Å². The van der Waals surface area contributed by atoms with E-state index in [9.17, 15) is 14.0 Å². The van der Waals surface area contributed by atoms with Crippen LogP contribution in [0.3, 0.4) is 0 Å². The summed E-state index contributed by atoms with van der Waals surface area (Å²) >= 11 is 0. The number of ketones is 1. The zero-order chi connectivity index (χ0) is 16.1. The van der Waals surface area contributed by atoms with Crippen LogP contribution in [0.5, 0.6) is 5.75 Å². The lowest BCUT2D eigenvalue weighted by atomic mass is 10.0. The van der Waals surface area contributed by atoms with Gasteiger partial charge in [0.1, 0.15) is 0 Å². The van der Waals surface area contributed by atoms with E-state index in [1.807, 2.05) is 0 Å². The van der Waals surface area contributed by atoms with Crippen molar-refractivity contribution in [1.29, 1.82) is 0 Å². The fourth-order valence-corrected chi connectivity index (χ4v) is 2.51. The summed E-state index contributed by atoms with van der Waals surface area (Å²) in [5, 5.41) is 0. The molecule has 1 saturated heterocycles. The summed E-state index contributed by atoms with van der Waals surface area (Å²) in [7, 11) is 1.36. The maximum Gasteiger partial charge on any atom is 0.223 e. The summed E-state index contributed by atoms with van der Waals surface area (Å²) in [6, 6.07) is 4.23. The summed E-state index contributed by atoms with van der Waals surface area (Å²) in [5.41, 5.74) is 6.05. The number of amides is 1. The molecule has 0 unspecified atom stereocenters. The molecular formula is C16H22ClFN2O3. The van der Waals surface area contributed by atoms with E-state index in [0.29, 0.717) is 13.1 Å². The number of piperidine rings is 1. The van der Waals surface area contributed by atoms with Gasteiger partial charge in [0.25, 0.3) is 0 Å². The highest BCUT2D eigenvalue weighted by Gasteiger charge is 2.21. The number of ether oxygens (including phenoxy) is 1. The standard InChI is InChI=1S/C16H21FN2O3.ClH/c1-22-15-4-2-11(10-13(15)17)14(20)3-5-16(21)19-8-6-12(18)7-9-19;/h2,4,10,12H,3,5-9,18H2,1H3;1H. The number of nitrogens with zero attached hydrogens (tertiary/aromatic N) is 1. The Morgan fingerprint density at radius 2 is 1.96 bits per heavy atom. The highest BCUT2D eigenvalue weighted by molar-refractivity contribution is 5.98. The summed E-state index contributed by atoms with van der Waals surface area (Å²) in [6.45, 7) is 1.29. The van der Waals surface area contributed by atoms with Crippen molar-refractivity contribution in [2.24, 2.45) is 5.73 Å². The van der Waals surface area contributed by atoms with Gasteiger partial charge in [-0.15, -0.1) is 12.4 Å². The van der Waals surface area contributed by atoms with Crippen LogP contribution >= 0.6 is 12.4 Å². The molecule has 23 heavy (non-hydrogen) atoms. The maximum atomic E-state index is 13.6. The summed E-state index contributed by atoms with van der Waals surface area (Å²) < 4.78 is 18.4. The Balaban J connectivity index is 0.00000264. The van der Waals surface area contributed by atoms with Crippen LogP contribution in [0.15, 0.2) is 18.2 Å². The van der Waals surface area contributed by atoms with Crippen LogP contribution in [0, 0.1) is 5.82 Å². The average molecular weight is 345 g/mol. The molecule has 0 radical (unpaired) electrons. The van der Waals surface area contributed by atoms with Crippen LogP contribution in [-0.4, -0.2) is 42.8 Å². The summed E-state index contributed by atoms with van der Waals surface area (Å²) in [5.74, 6) is -0.778. The van der Waals surface area contributed by atoms with Crippen LogP contribution in [-0.2, 0) is 4.79 Å². The Labute approximate surface area is 141 Å². The van der Waals surface area contributed by atoms with E-state index in [4.69, 9.17) is 10.5 Å². The molecule has 1 heterocycles. The zero-order valence-electron chi connectivity index (χ0n) is 13.1. The largest absolute Gasteiger partial charge is 0.494 e. The van der Waals surface area contributed by atoms with Gasteiger partial charge in [-0.2, -0.15) is 0 Å². The molecule has 128 valence electrons. The van der Waals surface area contributed by atoms with Crippen molar-refractivity contribution < 1.29 is 18.7 Å². The van der Waals surface area contributed by atoms with Crippen molar-refractivity contribution in [3.05, 3.63) is 29.6 Å². The third kappa shape index (κ3) is 5.18. The Bertz CT molecular complexity index is 560. The highest BCUT2D eigenvalue weighted by Crippen LogP contribution is 2.19. The summed E-state index contributed by atoms with van der Waals surface area (Å²) in [6.07, 6.45) is 1.81. The minimum Gasteiger partial charge on any atom is -0.494 e. The van der Waals surface area contributed by atoms with Gasteiger partial charge in [-0.3, -0.25) is 9.59 Å². The monoisotopic (exact) mass is 344 g/mol. The third-order valence-corrected chi connectivity index (χ3v) is 3.93. The second-order valence-electron chi connectivity index (χ2n) is 5.49. The highest BCUT2D eigenvalue weighted by atomic mass is 35.5. The van der Waals surface area contributed by atoms with Crippen molar-refractivity contribution in [3.8, 4) is 5.75 Å². The van der Waals surface area contributed by atoms with Gasteiger partial charge in [0.15, 0.2) is 17.3 Å². The molecule has 0 aromatic heterocycles. The van der Waals surface area contributed by atoms with Gasteiger partial charge in [-0.1, -0.05) is 0 Å². The molecule has 1 aromatic rings. The van der Waals surface area contributed by atoms with Crippen LogP contribution in [0.1, 0.15) is 36.0 Å². The molecule has 0 atom stereocenters. The van der Waals surface area contributed by atoms with Gasteiger partial charge in [0, 0.05) is 37.5 Å². The number of Topliss-reactive ketones (excluding diaryl/α,β-unsaturated/α-hetero) is 1. The van der Waals surface area contributed by atoms with Gasteiger partial charge in [0.2, 0.25) is 5.91 Å². The van der Waals surface area contributed by atoms with Gasteiger partial charge in [0.05, 0.1) is 7.11 Å². The van der Waals surface area contributed by atoms with Crippen molar-refractivity contribution in [1.82, 2.24) is 4.90 Å². The van der Waals surface area contributed by atoms with E-state index in [2.05, 4.69) is 0 Å². The topological polar surface area (TPSA) is 72.6 Å². The molecule has 1 aliphatic rings. The number of halogens is 2. The third-order valence-electron chi connectivity index (χ3n) is 3.93. The van der Waals surface area contributed by atoms with Crippen molar-refractivity contribution in [2.75, 3.05) is 20.2 Å². The molecule has 2 N–H and O–H groups in total. The zero-order valence-corrected chi connectivity index (χ0v) is 13.9. The molecule has 0 bridgehead atoms. The van der Waals surface area contributed by atoms with E-state index in [-0.39, 0.29) is 54.3 Å². The second-order valence-corrected chi connectivity index (χ2v) is 5.49. The number of benzene rings is 1. The minimum absolute atomic E-state index is 0. The normalized spacial score (nSPS) is 15.0. The molecule has 1 fully saturated rings. The average Bonchev–Trinajstić information content (AvgIpc) is 2.52. The first kappa shape index (κ1) is 19.4. The number of hydrogen-bond donors (Lipinski definition) is 1. The number of methoxy groups -OCH3 is 1. The van der Waals surface area contributed by atoms with E-state index in [0.717, 1.165) is 18.9 Å². The van der Waals surface area contributed by atoms with Crippen LogP contribution < -0.4 is 10.5 Å². The van der Waals surface area contributed by atoms with Gasteiger partial charge < -0.3 is 15.4 Å².